The van der Waals surface area contributed by atoms with Crippen LogP contribution in [0, 0.1) is 0 Å². The van der Waals surface area contributed by atoms with Gasteiger partial charge in [0.1, 0.15) is 6.61 Å². The third-order valence-electron chi connectivity index (χ3n) is 2.02. The largest absolute Gasteiger partial charge is 0.489 e. The second kappa shape index (κ2) is 5.14. The molecule has 2 rings (SSSR count). The molecule has 0 aliphatic heterocycles. The van der Waals surface area contributed by atoms with Crippen molar-refractivity contribution in [2.24, 2.45) is 5.73 Å². The van der Waals surface area contributed by atoms with E-state index in [4.69, 9.17) is 10.5 Å². The van der Waals surface area contributed by atoms with Crippen LogP contribution in [-0.4, -0.2) is 22.9 Å². The number of rotatable bonds is 4. The monoisotopic (exact) mass is 281 g/mol. The minimum absolute atomic E-state index is 0.502. The zero-order chi connectivity index (χ0) is 11.4. The van der Waals surface area contributed by atoms with Crippen molar-refractivity contribution < 1.29 is 4.74 Å². The van der Waals surface area contributed by atoms with E-state index >= 15 is 0 Å². The molecule has 1 aromatic heterocycles. The first-order valence-corrected chi connectivity index (χ1v) is 5.72. The van der Waals surface area contributed by atoms with Crippen LogP contribution in [0.3, 0.4) is 0 Å². The van der Waals surface area contributed by atoms with E-state index in [-0.39, 0.29) is 0 Å². The van der Waals surface area contributed by atoms with E-state index < -0.39 is 0 Å². The first kappa shape index (κ1) is 11.2. The van der Waals surface area contributed by atoms with E-state index in [1.165, 1.54) is 0 Å². The lowest BCUT2D eigenvalue weighted by molar-refractivity contribution is 0.328. The lowest BCUT2D eigenvalue weighted by Crippen LogP contribution is -2.10. The smallest absolute Gasteiger partial charge is 0.157 e. The maximum Gasteiger partial charge on any atom is 0.157 e. The Kier molecular flexibility index (Phi) is 3.58. The van der Waals surface area contributed by atoms with Gasteiger partial charge in [-0.15, -0.1) is 0 Å². The minimum atomic E-state index is 0.502. The van der Waals surface area contributed by atoms with Crippen molar-refractivity contribution in [1.29, 1.82) is 0 Å². The Morgan fingerprint density at radius 1 is 1.44 bits per heavy atom. The normalized spacial score (nSPS) is 10.4. The maximum absolute atomic E-state index is 5.37. The fourth-order valence-corrected chi connectivity index (χ4v) is 1.70. The van der Waals surface area contributed by atoms with Gasteiger partial charge in [0.2, 0.25) is 0 Å². The molecule has 5 heteroatoms. The van der Waals surface area contributed by atoms with Gasteiger partial charge in [-0.05, 0) is 18.2 Å². The van der Waals surface area contributed by atoms with Crippen LogP contribution in [0.4, 0.5) is 0 Å². The van der Waals surface area contributed by atoms with Gasteiger partial charge < -0.3 is 10.5 Å². The van der Waals surface area contributed by atoms with Gasteiger partial charge in [0.15, 0.2) is 5.75 Å². The van der Waals surface area contributed by atoms with Gasteiger partial charge in [-0.2, -0.15) is 5.10 Å². The van der Waals surface area contributed by atoms with Gasteiger partial charge in [-0.1, -0.05) is 22.0 Å². The van der Waals surface area contributed by atoms with Crippen molar-refractivity contribution in [3.05, 3.63) is 41.1 Å². The Bertz CT molecular complexity index is 470. The summed E-state index contributed by atoms with van der Waals surface area (Å²) >= 11 is 3.42. The van der Waals surface area contributed by atoms with Crippen molar-refractivity contribution in [1.82, 2.24) is 9.78 Å². The third kappa shape index (κ3) is 2.62. The number of aromatic nitrogens is 2. The Labute approximate surface area is 102 Å². The van der Waals surface area contributed by atoms with Crippen molar-refractivity contribution >= 4 is 15.9 Å². The van der Waals surface area contributed by atoms with E-state index in [2.05, 4.69) is 21.0 Å². The summed E-state index contributed by atoms with van der Waals surface area (Å²) in [6.07, 6.45) is 3.51. The van der Waals surface area contributed by atoms with Crippen LogP contribution in [0.5, 0.6) is 5.75 Å². The summed E-state index contributed by atoms with van der Waals surface area (Å²) in [6, 6.07) is 7.89. The Morgan fingerprint density at radius 2 is 2.31 bits per heavy atom. The number of hydrogen-bond donors (Lipinski definition) is 1. The molecule has 16 heavy (non-hydrogen) atoms. The molecule has 4 nitrogen and oxygen atoms in total. The Hall–Kier alpha value is -1.33. The molecule has 2 aromatic rings. The average molecular weight is 282 g/mol. The molecule has 2 N–H and O–H groups in total. The summed E-state index contributed by atoms with van der Waals surface area (Å²) in [5, 5.41) is 4.21. The summed E-state index contributed by atoms with van der Waals surface area (Å²) in [5.74, 6) is 0.727. The van der Waals surface area contributed by atoms with E-state index in [1.807, 2.05) is 30.5 Å². The summed E-state index contributed by atoms with van der Waals surface area (Å²) in [4.78, 5) is 0. The fourth-order valence-electron chi connectivity index (χ4n) is 1.32. The van der Waals surface area contributed by atoms with Crippen LogP contribution in [0.15, 0.2) is 41.1 Å². The van der Waals surface area contributed by atoms with Crippen molar-refractivity contribution in [2.45, 2.75) is 0 Å². The molecule has 84 valence electrons. The molecular formula is C11H12BrN3O. The quantitative estimate of drug-likeness (QED) is 0.932. The van der Waals surface area contributed by atoms with Gasteiger partial charge in [0, 0.05) is 11.0 Å². The highest BCUT2D eigenvalue weighted by atomic mass is 79.9. The molecule has 0 fully saturated rings. The fraction of sp³-hybridized carbons (Fsp3) is 0.182. The van der Waals surface area contributed by atoms with Crippen molar-refractivity contribution in [3.63, 3.8) is 0 Å². The lowest BCUT2D eigenvalue weighted by Gasteiger charge is -2.01. The number of hydrogen-bond acceptors (Lipinski definition) is 3. The molecular weight excluding hydrogens is 270 g/mol. The molecule has 0 saturated heterocycles. The van der Waals surface area contributed by atoms with Crippen molar-refractivity contribution in [3.8, 4) is 11.4 Å². The number of halogens is 1. The van der Waals surface area contributed by atoms with Crippen LogP contribution in [0.25, 0.3) is 5.69 Å². The second-order valence-corrected chi connectivity index (χ2v) is 4.15. The molecule has 0 unspecified atom stereocenters. The summed E-state index contributed by atoms with van der Waals surface area (Å²) in [7, 11) is 0. The molecule has 1 heterocycles. The Morgan fingerprint density at radius 3 is 3.06 bits per heavy atom. The zero-order valence-electron chi connectivity index (χ0n) is 8.64. The number of ether oxygens (including phenoxy) is 1. The molecule has 0 aliphatic rings. The van der Waals surface area contributed by atoms with E-state index in [9.17, 15) is 0 Å². The standard InChI is InChI=1S/C11H12BrN3O/c12-9-2-1-3-10(6-9)15-8-11(7-14-15)16-5-4-13/h1-3,6-8H,4-5,13H2. The van der Waals surface area contributed by atoms with E-state index in [0.29, 0.717) is 13.2 Å². The predicted octanol–water partition coefficient (Wildman–Crippen LogP) is 1.97. The van der Waals surface area contributed by atoms with E-state index in [1.54, 1.807) is 10.9 Å². The van der Waals surface area contributed by atoms with Crippen molar-refractivity contribution in [2.75, 3.05) is 13.2 Å². The number of nitrogens with zero attached hydrogens (tertiary/aromatic N) is 2. The molecule has 1 aromatic carbocycles. The molecule has 0 radical (unpaired) electrons. The van der Waals surface area contributed by atoms with Crippen LogP contribution in [0.2, 0.25) is 0 Å². The topological polar surface area (TPSA) is 53.1 Å². The van der Waals surface area contributed by atoms with Crippen LogP contribution in [-0.2, 0) is 0 Å². The highest BCUT2D eigenvalue weighted by Crippen LogP contribution is 2.17. The Balaban J connectivity index is 2.18. The lowest BCUT2D eigenvalue weighted by atomic mass is 10.3. The second-order valence-electron chi connectivity index (χ2n) is 3.24. The van der Waals surface area contributed by atoms with Gasteiger partial charge in [-0.3, -0.25) is 0 Å². The van der Waals surface area contributed by atoms with Gasteiger partial charge >= 0.3 is 0 Å². The highest BCUT2D eigenvalue weighted by molar-refractivity contribution is 9.10. The molecule has 0 spiro atoms. The SMILES string of the molecule is NCCOc1cnn(-c2cccc(Br)c2)c1. The number of benzene rings is 1. The predicted molar refractivity (Wildman–Crippen MR) is 65.8 cm³/mol. The minimum Gasteiger partial charge on any atom is -0.489 e. The summed E-state index contributed by atoms with van der Waals surface area (Å²) in [6.45, 7) is 1.01. The third-order valence-corrected chi connectivity index (χ3v) is 2.51. The highest BCUT2D eigenvalue weighted by Gasteiger charge is 2.01. The van der Waals surface area contributed by atoms with Crippen LogP contribution >= 0.6 is 15.9 Å². The van der Waals surface area contributed by atoms with Crippen LogP contribution < -0.4 is 10.5 Å². The van der Waals surface area contributed by atoms with Gasteiger partial charge in [-0.25, -0.2) is 4.68 Å². The molecule has 0 aliphatic carbocycles. The zero-order valence-corrected chi connectivity index (χ0v) is 10.2. The number of nitrogens with two attached hydrogens (primary N) is 1. The van der Waals surface area contributed by atoms with Gasteiger partial charge in [0.05, 0.1) is 18.1 Å². The molecule has 0 saturated carbocycles. The average Bonchev–Trinajstić information content (AvgIpc) is 2.75. The summed E-state index contributed by atoms with van der Waals surface area (Å²) in [5.41, 5.74) is 6.34. The molecule has 0 bridgehead atoms. The van der Waals surface area contributed by atoms with Gasteiger partial charge in [0.25, 0.3) is 0 Å². The van der Waals surface area contributed by atoms with Crippen LogP contribution in [0.1, 0.15) is 0 Å². The molecule has 0 amide bonds. The molecule has 0 atom stereocenters. The summed E-state index contributed by atoms with van der Waals surface area (Å²) < 4.78 is 8.15. The maximum atomic E-state index is 5.37. The first-order chi connectivity index (χ1) is 7.79. The first-order valence-electron chi connectivity index (χ1n) is 4.93. The van der Waals surface area contributed by atoms with E-state index in [0.717, 1.165) is 15.9 Å².